The van der Waals surface area contributed by atoms with Gasteiger partial charge in [0.05, 0.1) is 5.56 Å². The lowest BCUT2D eigenvalue weighted by Crippen LogP contribution is -2.40. The maximum absolute atomic E-state index is 13.7. The first-order chi connectivity index (χ1) is 9.47. The number of benzene rings is 1. The van der Waals surface area contributed by atoms with Crippen LogP contribution >= 0.6 is 0 Å². The van der Waals surface area contributed by atoms with Crippen LogP contribution in [0.1, 0.15) is 35.2 Å². The lowest BCUT2D eigenvalue weighted by atomic mass is 9.94. The first-order valence-electron chi connectivity index (χ1n) is 6.74. The van der Waals surface area contributed by atoms with E-state index in [9.17, 15) is 14.0 Å². The number of aliphatic carboxylic acids is 1. The first kappa shape index (κ1) is 14.5. The minimum atomic E-state index is -0.856. The highest BCUT2D eigenvalue weighted by atomic mass is 19.1. The smallest absolute Gasteiger partial charge is 0.303 e. The van der Waals surface area contributed by atoms with Crippen LogP contribution in [0.4, 0.5) is 4.39 Å². The Kier molecular flexibility index (Phi) is 4.37. The largest absolute Gasteiger partial charge is 0.481 e. The second-order valence-corrected chi connectivity index (χ2v) is 5.34. The average molecular weight is 279 g/mol. The van der Waals surface area contributed by atoms with Crippen LogP contribution in [0.2, 0.25) is 0 Å². The molecule has 1 saturated heterocycles. The van der Waals surface area contributed by atoms with Gasteiger partial charge in [0, 0.05) is 19.5 Å². The molecule has 20 heavy (non-hydrogen) atoms. The summed E-state index contributed by atoms with van der Waals surface area (Å²) in [5.41, 5.74) is 0.898. The summed E-state index contributed by atoms with van der Waals surface area (Å²) < 4.78 is 13.7. The minimum absolute atomic E-state index is 0.0435. The zero-order valence-corrected chi connectivity index (χ0v) is 11.4. The van der Waals surface area contributed by atoms with Crippen LogP contribution in [0.5, 0.6) is 0 Å². The van der Waals surface area contributed by atoms with E-state index in [-0.39, 0.29) is 23.8 Å². The van der Waals surface area contributed by atoms with Crippen LogP contribution in [0, 0.1) is 18.7 Å². The summed E-state index contributed by atoms with van der Waals surface area (Å²) in [5.74, 6) is -1.77. The molecule has 1 aliphatic rings. The van der Waals surface area contributed by atoms with Gasteiger partial charge >= 0.3 is 5.97 Å². The fraction of sp³-hybridized carbons (Fsp3) is 0.467. The van der Waals surface area contributed by atoms with Crippen LogP contribution in [0.3, 0.4) is 0 Å². The average Bonchev–Trinajstić information content (AvgIpc) is 2.40. The molecule has 0 bridgehead atoms. The van der Waals surface area contributed by atoms with Crippen LogP contribution < -0.4 is 0 Å². The number of amides is 1. The molecular weight excluding hydrogens is 261 g/mol. The number of hydrogen-bond acceptors (Lipinski definition) is 2. The monoisotopic (exact) mass is 279 g/mol. The van der Waals surface area contributed by atoms with Crippen molar-refractivity contribution in [2.45, 2.75) is 26.2 Å². The summed E-state index contributed by atoms with van der Waals surface area (Å²) in [6.45, 7) is 2.75. The van der Waals surface area contributed by atoms with Crippen molar-refractivity contribution >= 4 is 11.9 Å². The van der Waals surface area contributed by atoms with Gasteiger partial charge in [-0.25, -0.2) is 4.39 Å². The summed E-state index contributed by atoms with van der Waals surface area (Å²) in [7, 11) is 0. The molecule has 0 saturated carbocycles. The predicted molar refractivity (Wildman–Crippen MR) is 72.0 cm³/mol. The zero-order valence-electron chi connectivity index (χ0n) is 11.4. The summed E-state index contributed by atoms with van der Waals surface area (Å²) in [4.78, 5) is 24.7. The van der Waals surface area contributed by atoms with Gasteiger partial charge in [-0.3, -0.25) is 9.59 Å². The number of likely N-dealkylation sites (tertiary alicyclic amines) is 1. The van der Waals surface area contributed by atoms with E-state index in [0.29, 0.717) is 13.1 Å². The van der Waals surface area contributed by atoms with Crippen LogP contribution in [-0.2, 0) is 4.79 Å². The van der Waals surface area contributed by atoms with Gasteiger partial charge in [-0.1, -0.05) is 11.6 Å². The van der Waals surface area contributed by atoms with Gasteiger partial charge in [0.25, 0.3) is 5.91 Å². The number of carboxylic acid groups (broad SMARTS) is 1. The van der Waals surface area contributed by atoms with Crippen molar-refractivity contribution in [3.05, 3.63) is 35.1 Å². The van der Waals surface area contributed by atoms with Gasteiger partial charge < -0.3 is 10.0 Å². The highest BCUT2D eigenvalue weighted by Gasteiger charge is 2.27. The zero-order chi connectivity index (χ0) is 14.7. The maximum Gasteiger partial charge on any atom is 0.303 e. The number of hydrogen-bond donors (Lipinski definition) is 1. The van der Waals surface area contributed by atoms with E-state index in [1.807, 2.05) is 0 Å². The van der Waals surface area contributed by atoms with E-state index in [1.165, 1.54) is 6.07 Å². The van der Waals surface area contributed by atoms with E-state index in [2.05, 4.69) is 0 Å². The summed E-state index contributed by atoms with van der Waals surface area (Å²) in [5, 5.41) is 8.82. The number of carbonyl (C=O) groups excluding carboxylic acids is 1. The molecule has 0 spiro atoms. The molecule has 1 aromatic rings. The molecule has 5 heteroatoms. The van der Waals surface area contributed by atoms with Crippen LogP contribution in [0.15, 0.2) is 18.2 Å². The van der Waals surface area contributed by atoms with Gasteiger partial charge in [-0.05, 0) is 37.8 Å². The Bertz CT molecular complexity index is 530. The van der Waals surface area contributed by atoms with E-state index in [0.717, 1.165) is 18.4 Å². The fourth-order valence-electron chi connectivity index (χ4n) is 2.64. The Labute approximate surface area is 117 Å². The lowest BCUT2D eigenvalue weighted by Gasteiger charge is -2.32. The number of rotatable bonds is 3. The van der Waals surface area contributed by atoms with Crippen LogP contribution in [0.25, 0.3) is 0 Å². The molecule has 1 amide bonds. The number of aryl methyl sites for hydroxylation is 1. The lowest BCUT2D eigenvalue weighted by molar-refractivity contribution is -0.138. The molecule has 1 heterocycles. The molecule has 1 atom stereocenters. The van der Waals surface area contributed by atoms with E-state index in [1.54, 1.807) is 24.0 Å². The van der Waals surface area contributed by atoms with Gasteiger partial charge in [0.15, 0.2) is 0 Å². The molecule has 4 nitrogen and oxygen atoms in total. The third-order valence-electron chi connectivity index (χ3n) is 3.62. The topological polar surface area (TPSA) is 57.6 Å². The molecular formula is C15H18FNO3. The molecule has 0 aromatic heterocycles. The van der Waals surface area contributed by atoms with Crippen molar-refractivity contribution in [3.63, 3.8) is 0 Å². The van der Waals surface area contributed by atoms with Crippen molar-refractivity contribution in [2.75, 3.05) is 13.1 Å². The molecule has 0 aliphatic carbocycles. The highest BCUT2D eigenvalue weighted by molar-refractivity contribution is 5.94. The third-order valence-corrected chi connectivity index (χ3v) is 3.62. The fourth-order valence-corrected chi connectivity index (χ4v) is 2.64. The van der Waals surface area contributed by atoms with Crippen molar-refractivity contribution in [1.29, 1.82) is 0 Å². The molecule has 1 aliphatic heterocycles. The third kappa shape index (κ3) is 3.35. The second-order valence-electron chi connectivity index (χ2n) is 5.34. The molecule has 2 rings (SSSR count). The molecule has 0 radical (unpaired) electrons. The maximum atomic E-state index is 13.7. The number of carboxylic acids is 1. The number of piperidine rings is 1. The van der Waals surface area contributed by atoms with Crippen molar-refractivity contribution in [1.82, 2.24) is 4.90 Å². The van der Waals surface area contributed by atoms with Crippen molar-refractivity contribution < 1.29 is 19.1 Å². The van der Waals surface area contributed by atoms with Gasteiger partial charge in [-0.15, -0.1) is 0 Å². The number of nitrogens with zero attached hydrogens (tertiary/aromatic N) is 1. The highest BCUT2D eigenvalue weighted by Crippen LogP contribution is 2.22. The molecule has 1 unspecified atom stereocenters. The Hall–Kier alpha value is -1.91. The predicted octanol–water partition coefficient (Wildman–Crippen LogP) is 2.46. The molecule has 1 aromatic carbocycles. The van der Waals surface area contributed by atoms with E-state index in [4.69, 9.17) is 5.11 Å². The minimum Gasteiger partial charge on any atom is -0.481 e. The molecule has 1 fully saturated rings. The SMILES string of the molecule is Cc1ccc(F)c(C(=O)N2CCCC(CC(=O)O)C2)c1. The van der Waals surface area contributed by atoms with Crippen molar-refractivity contribution in [3.8, 4) is 0 Å². The normalized spacial score (nSPS) is 18.9. The summed E-state index contributed by atoms with van der Waals surface area (Å²) >= 11 is 0. The van der Waals surface area contributed by atoms with Gasteiger partial charge in [0.1, 0.15) is 5.82 Å². The van der Waals surface area contributed by atoms with Gasteiger partial charge in [0.2, 0.25) is 0 Å². The Balaban J connectivity index is 2.12. The number of halogens is 1. The Morgan fingerprint density at radius 3 is 2.90 bits per heavy atom. The summed E-state index contributed by atoms with van der Waals surface area (Å²) in [6.07, 6.45) is 1.61. The Morgan fingerprint density at radius 1 is 1.45 bits per heavy atom. The first-order valence-corrected chi connectivity index (χ1v) is 6.74. The van der Waals surface area contributed by atoms with E-state index < -0.39 is 11.8 Å². The molecule has 108 valence electrons. The standard InChI is InChI=1S/C15H18FNO3/c1-10-4-5-13(16)12(7-10)15(20)17-6-2-3-11(9-17)8-14(18)19/h4-5,7,11H,2-3,6,8-9H2,1H3,(H,18,19). The quantitative estimate of drug-likeness (QED) is 0.924. The molecule has 1 N–H and O–H groups in total. The summed E-state index contributed by atoms with van der Waals surface area (Å²) in [6, 6.07) is 4.45. The van der Waals surface area contributed by atoms with Gasteiger partial charge in [-0.2, -0.15) is 0 Å². The van der Waals surface area contributed by atoms with Crippen LogP contribution in [-0.4, -0.2) is 35.0 Å². The Morgan fingerprint density at radius 2 is 2.20 bits per heavy atom. The van der Waals surface area contributed by atoms with E-state index >= 15 is 0 Å². The second kappa shape index (κ2) is 6.03. The van der Waals surface area contributed by atoms with Crippen molar-refractivity contribution in [2.24, 2.45) is 5.92 Å². The number of carbonyl (C=O) groups is 2.